The van der Waals surface area contributed by atoms with Crippen molar-refractivity contribution in [2.75, 3.05) is 0 Å². The molecule has 0 saturated heterocycles. The largest absolute Gasteiger partial charge is 0.348 e. The Labute approximate surface area is 156 Å². The first-order chi connectivity index (χ1) is 10.2. The molecule has 1 unspecified atom stereocenters. The maximum absolute atomic E-state index is 5.90. The van der Waals surface area contributed by atoms with Crippen molar-refractivity contribution in [3.8, 4) is 0 Å². The normalized spacial score (nSPS) is 12.1. The van der Waals surface area contributed by atoms with Crippen molar-refractivity contribution in [1.29, 1.82) is 0 Å². The van der Waals surface area contributed by atoms with Crippen LogP contribution in [0.15, 0.2) is 55.1 Å². The van der Waals surface area contributed by atoms with E-state index in [0.717, 1.165) is 16.1 Å². The van der Waals surface area contributed by atoms with E-state index in [4.69, 9.17) is 56.4 Å². The molecule has 0 N–H and O–H groups in total. The lowest BCUT2D eigenvalue weighted by atomic mass is 10.2. The molecule has 1 atom stereocenters. The SMILES string of the molecule is C=Cc1cccc(Cl)c1.CC(c1cccc(Cl)c1)[Si](Cl)(Cl)Cl. The summed E-state index contributed by atoms with van der Waals surface area (Å²) in [4.78, 5) is 0. The summed E-state index contributed by atoms with van der Waals surface area (Å²) in [5.74, 6) is 0. The molecule has 2 aromatic rings. The average Bonchev–Trinajstić information content (AvgIpc) is 2.46. The van der Waals surface area contributed by atoms with Crippen LogP contribution in [0.25, 0.3) is 6.08 Å². The van der Waals surface area contributed by atoms with Crippen LogP contribution < -0.4 is 0 Å². The molecule has 0 spiro atoms. The maximum Gasteiger partial charge on any atom is 0.348 e. The minimum atomic E-state index is -2.67. The van der Waals surface area contributed by atoms with Crippen LogP contribution in [-0.2, 0) is 0 Å². The van der Waals surface area contributed by atoms with Crippen LogP contribution in [0, 0.1) is 0 Å². The molecular formula is C16H15Cl5Si. The molecule has 0 nitrogen and oxygen atoms in total. The lowest BCUT2D eigenvalue weighted by molar-refractivity contribution is 1.07. The van der Waals surface area contributed by atoms with Gasteiger partial charge in [0.15, 0.2) is 0 Å². The van der Waals surface area contributed by atoms with Gasteiger partial charge < -0.3 is 0 Å². The summed E-state index contributed by atoms with van der Waals surface area (Å²) in [5.41, 5.74) is 2.01. The fourth-order valence-corrected chi connectivity index (χ4v) is 3.69. The Hall–Kier alpha value is -0.153. The van der Waals surface area contributed by atoms with E-state index >= 15 is 0 Å². The second-order valence-electron chi connectivity index (χ2n) is 4.58. The summed E-state index contributed by atoms with van der Waals surface area (Å²) in [6.07, 6.45) is 1.77. The van der Waals surface area contributed by atoms with Gasteiger partial charge in [0, 0.05) is 15.6 Å². The number of benzene rings is 2. The molecule has 0 aliphatic rings. The highest BCUT2D eigenvalue weighted by Gasteiger charge is 2.34. The topological polar surface area (TPSA) is 0 Å². The molecule has 0 aliphatic heterocycles. The summed E-state index contributed by atoms with van der Waals surface area (Å²) in [5, 5.41) is 1.43. The van der Waals surface area contributed by atoms with Crippen molar-refractivity contribution in [2.24, 2.45) is 0 Å². The molecule has 0 fully saturated rings. The minimum absolute atomic E-state index is 0.0313. The van der Waals surface area contributed by atoms with Crippen molar-refractivity contribution >= 4 is 68.5 Å². The number of hydrogen-bond donors (Lipinski definition) is 0. The monoisotopic (exact) mass is 410 g/mol. The number of rotatable bonds is 3. The van der Waals surface area contributed by atoms with E-state index in [-0.39, 0.29) is 5.54 Å². The van der Waals surface area contributed by atoms with E-state index < -0.39 is 6.00 Å². The quantitative estimate of drug-likeness (QED) is 0.359. The third kappa shape index (κ3) is 6.95. The molecular weight excluding hydrogens is 398 g/mol. The average molecular weight is 413 g/mol. The molecule has 0 radical (unpaired) electrons. The van der Waals surface area contributed by atoms with E-state index in [9.17, 15) is 0 Å². The van der Waals surface area contributed by atoms with Crippen molar-refractivity contribution in [2.45, 2.75) is 12.5 Å². The van der Waals surface area contributed by atoms with Crippen molar-refractivity contribution in [3.05, 3.63) is 76.3 Å². The predicted molar refractivity (Wildman–Crippen MR) is 105 cm³/mol. The third-order valence-electron chi connectivity index (χ3n) is 2.92. The first-order valence-electron chi connectivity index (χ1n) is 6.44. The summed E-state index contributed by atoms with van der Waals surface area (Å²) in [6, 6.07) is 12.3. The van der Waals surface area contributed by atoms with Crippen LogP contribution >= 0.6 is 56.4 Å². The van der Waals surface area contributed by atoms with Crippen molar-refractivity contribution in [3.63, 3.8) is 0 Å². The zero-order valence-corrected chi connectivity index (χ0v) is 16.7. The standard InChI is InChI=1S/C8H8Cl4Si.C8H7Cl/c1-6(13(10,11)12)7-3-2-4-8(9)5-7;1-2-7-4-3-5-8(9)6-7/h2-6H,1H3;2-6H,1H2. The zero-order valence-electron chi connectivity index (χ0n) is 11.9. The fourth-order valence-electron chi connectivity index (χ4n) is 1.60. The molecule has 0 aliphatic carbocycles. The van der Waals surface area contributed by atoms with Gasteiger partial charge in [0.2, 0.25) is 0 Å². The Balaban J connectivity index is 0.000000235. The number of halogens is 5. The molecule has 118 valence electrons. The zero-order chi connectivity index (χ0) is 16.8. The lowest BCUT2D eigenvalue weighted by Gasteiger charge is -2.17. The molecule has 0 aromatic heterocycles. The highest BCUT2D eigenvalue weighted by Crippen LogP contribution is 2.36. The van der Waals surface area contributed by atoms with Crippen LogP contribution in [0.1, 0.15) is 23.6 Å². The van der Waals surface area contributed by atoms with Crippen LogP contribution in [0.3, 0.4) is 0 Å². The van der Waals surface area contributed by atoms with E-state index in [1.54, 1.807) is 12.1 Å². The third-order valence-corrected chi connectivity index (χ3v) is 7.66. The smallest absolute Gasteiger partial charge is 0.125 e. The van der Waals surface area contributed by atoms with Crippen LogP contribution in [0.5, 0.6) is 0 Å². The number of hydrogen-bond acceptors (Lipinski definition) is 0. The van der Waals surface area contributed by atoms with Gasteiger partial charge in [0.05, 0.1) is 0 Å². The van der Waals surface area contributed by atoms with E-state index in [1.165, 1.54) is 0 Å². The summed E-state index contributed by atoms with van der Waals surface area (Å²) in [7, 11) is 0. The molecule has 0 heterocycles. The van der Waals surface area contributed by atoms with Gasteiger partial charge in [-0.1, -0.05) is 67.0 Å². The highest BCUT2D eigenvalue weighted by atomic mass is 35.8. The Morgan fingerprint density at radius 2 is 1.50 bits per heavy atom. The van der Waals surface area contributed by atoms with Crippen molar-refractivity contribution < 1.29 is 0 Å². The van der Waals surface area contributed by atoms with E-state index in [2.05, 4.69) is 6.58 Å². The summed E-state index contributed by atoms with van der Waals surface area (Å²) in [6.45, 7) is 5.52. The first kappa shape index (κ1) is 19.9. The first-order valence-corrected chi connectivity index (χ1v) is 12.3. The van der Waals surface area contributed by atoms with Crippen LogP contribution in [0.4, 0.5) is 0 Å². The Morgan fingerprint density at radius 3 is 1.91 bits per heavy atom. The minimum Gasteiger partial charge on any atom is -0.125 e. The molecule has 0 saturated carbocycles. The molecule has 2 aromatic carbocycles. The van der Waals surface area contributed by atoms with Crippen LogP contribution in [-0.4, -0.2) is 6.00 Å². The van der Waals surface area contributed by atoms with E-state index in [1.807, 2.05) is 49.4 Å². The molecule has 22 heavy (non-hydrogen) atoms. The molecule has 0 amide bonds. The van der Waals surface area contributed by atoms with Gasteiger partial charge in [-0.2, -0.15) is 0 Å². The predicted octanol–water partition coefficient (Wildman–Crippen LogP) is 7.62. The Morgan fingerprint density at radius 1 is 0.955 bits per heavy atom. The Kier molecular flexibility index (Phi) is 8.33. The summed E-state index contributed by atoms with van der Waals surface area (Å²) < 4.78 is 0. The lowest BCUT2D eigenvalue weighted by Crippen LogP contribution is -2.20. The summed E-state index contributed by atoms with van der Waals surface area (Å²) >= 11 is 29.2. The van der Waals surface area contributed by atoms with Gasteiger partial charge in [-0.15, -0.1) is 33.2 Å². The van der Waals surface area contributed by atoms with E-state index in [0.29, 0.717) is 5.02 Å². The fraction of sp³-hybridized carbons (Fsp3) is 0.125. The van der Waals surface area contributed by atoms with Gasteiger partial charge in [-0.05, 0) is 35.4 Å². The highest BCUT2D eigenvalue weighted by molar-refractivity contribution is 7.65. The molecule has 0 bridgehead atoms. The van der Waals surface area contributed by atoms with Gasteiger partial charge in [-0.25, -0.2) is 0 Å². The van der Waals surface area contributed by atoms with Gasteiger partial charge in [-0.3, -0.25) is 0 Å². The maximum atomic E-state index is 5.90. The van der Waals surface area contributed by atoms with Crippen molar-refractivity contribution in [1.82, 2.24) is 0 Å². The second-order valence-corrected chi connectivity index (χ2v) is 14.5. The Bertz CT molecular complexity index is 622. The molecule has 2 rings (SSSR count). The van der Waals surface area contributed by atoms with Crippen LogP contribution in [0.2, 0.25) is 10.0 Å². The van der Waals surface area contributed by atoms with Gasteiger partial charge in [0.25, 0.3) is 0 Å². The molecule has 6 heteroatoms. The van der Waals surface area contributed by atoms with Gasteiger partial charge >= 0.3 is 6.00 Å². The second kappa shape index (κ2) is 9.22. The van der Waals surface area contributed by atoms with Gasteiger partial charge in [0.1, 0.15) is 0 Å².